The fraction of sp³-hybridized carbons (Fsp3) is 0.350. The monoisotopic (exact) mass is 417 g/mol. The number of nitrogens with zero attached hydrogens (tertiary/aromatic N) is 2. The van der Waals surface area contributed by atoms with Crippen LogP contribution in [0.3, 0.4) is 0 Å². The number of hydrogen-bond donors (Lipinski definition) is 1. The lowest BCUT2D eigenvalue weighted by molar-refractivity contribution is -0.384. The number of nitrogens with one attached hydrogen (secondary N) is 1. The molecule has 9 heteroatoms. The van der Waals surface area contributed by atoms with E-state index < -0.39 is 20.5 Å². The number of carbonyl (C=O) groups is 1. The van der Waals surface area contributed by atoms with Crippen LogP contribution < -0.4 is 9.62 Å². The molecule has 0 unspecified atom stereocenters. The van der Waals surface area contributed by atoms with Gasteiger partial charge < -0.3 is 4.90 Å². The third kappa shape index (κ3) is 4.30. The Morgan fingerprint density at radius 1 is 1.17 bits per heavy atom. The van der Waals surface area contributed by atoms with E-state index in [0.29, 0.717) is 24.2 Å². The number of hydrogen-bond acceptors (Lipinski definition) is 5. The smallest absolute Gasteiger partial charge is 0.269 e. The molecule has 1 N–H and O–H groups in total. The number of aryl methyl sites for hydroxylation is 1. The Balaban J connectivity index is 1.97. The zero-order valence-corrected chi connectivity index (χ0v) is 17.5. The lowest BCUT2D eigenvalue weighted by Crippen LogP contribution is -2.40. The molecule has 0 fully saturated rings. The van der Waals surface area contributed by atoms with Crippen molar-refractivity contribution in [2.45, 2.75) is 44.6 Å². The highest BCUT2D eigenvalue weighted by atomic mass is 32.2. The van der Waals surface area contributed by atoms with Gasteiger partial charge in [0.1, 0.15) is 0 Å². The molecule has 0 atom stereocenters. The average molecular weight is 417 g/mol. The van der Waals surface area contributed by atoms with Crippen molar-refractivity contribution in [2.24, 2.45) is 0 Å². The van der Waals surface area contributed by atoms with Gasteiger partial charge in [-0.15, -0.1) is 0 Å². The topological polar surface area (TPSA) is 110 Å². The molecular weight excluding hydrogens is 394 g/mol. The van der Waals surface area contributed by atoms with Crippen molar-refractivity contribution in [2.75, 3.05) is 11.4 Å². The van der Waals surface area contributed by atoms with Crippen LogP contribution in [0.25, 0.3) is 0 Å². The minimum Gasteiger partial charge on any atom is -0.308 e. The Kier molecular flexibility index (Phi) is 5.22. The predicted molar refractivity (Wildman–Crippen MR) is 110 cm³/mol. The van der Waals surface area contributed by atoms with Gasteiger partial charge in [-0.25, -0.2) is 13.1 Å². The van der Waals surface area contributed by atoms with Gasteiger partial charge >= 0.3 is 0 Å². The molecule has 2 aromatic rings. The standard InChI is InChI=1S/C20H23N3O5S/c1-13-5-7-16(29(27,28)21-20(2,3)4)12-17(13)19(24)22-10-9-14-11-15(23(25)26)6-8-18(14)22/h5-8,11-12,21H,9-10H2,1-4H3. The number of anilines is 1. The molecule has 1 aliphatic heterocycles. The van der Waals surface area contributed by atoms with Gasteiger partial charge in [-0.05, 0) is 63.4 Å². The summed E-state index contributed by atoms with van der Waals surface area (Å²) in [6.45, 7) is 7.35. The molecule has 0 radical (unpaired) electrons. The Labute approximate surface area is 169 Å². The summed E-state index contributed by atoms with van der Waals surface area (Å²) in [5, 5.41) is 11.0. The summed E-state index contributed by atoms with van der Waals surface area (Å²) in [6.07, 6.45) is 0.505. The van der Waals surface area contributed by atoms with Crippen LogP contribution in [0.5, 0.6) is 0 Å². The number of amides is 1. The van der Waals surface area contributed by atoms with E-state index in [4.69, 9.17) is 0 Å². The van der Waals surface area contributed by atoms with Crippen molar-refractivity contribution in [3.63, 3.8) is 0 Å². The minimum absolute atomic E-state index is 0.0180. The van der Waals surface area contributed by atoms with Crippen molar-refractivity contribution in [3.8, 4) is 0 Å². The highest BCUT2D eigenvalue weighted by molar-refractivity contribution is 7.89. The highest BCUT2D eigenvalue weighted by Crippen LogP contribution is 2.33. The maximum Gasteiger partial charge on any atom is 0.269 e. The summed E-state index contributed by atoms with van der Waals surface area (Å²) >= 11 is 0. The van der Waals surface area contributed by atoms with E-state index in [-0.39, 0.29) is 22.1 Å². The fourth-order valence-electron chi connectivity index (χ4n) is 3.32. The summed E-state index contributed by atoms with van der Waals surface area (Å²) in [4.78, 5) is 25.3. The molecule has 1 heterocycles. The molecule has 8 nitrogen and oxygen atoms in total. The van der Waals surface area contributed by atoms with E-state index in [0.717, 1.165) is 5.56 Å². The third-order valence-electron chi connectivity index (χ3n) is 4.60. The molecule has 0 bridgehead atoms. The van der Waals surface area contributed by atoms with E-state index in [9.17, 15) is 23.3 Å². The molecule has 0 aromatic heterocycles. The van der Waals surface area contributed by atoms with Crippen LogP contribution in [0, 0.1) is 17.0 Å². The van der Waals surface area contributed by atoms with Gasteiger partial charge in [-0.3, -0.25) is 14.9 Å². The van der Waals surface area contributed by atoms with Crippen LogP contribution in [0.4, 0.5) is 11.4 Å². The van der Waals surface area contributed by atoms with Crippen LogP contribution in [0.2, 0.25) is 0 Å². The molecule has 1 aliphatic rings. The number of carbonyl (C=O) groups excluding carboxylic acids is 1. The fourth-order valence-corrected chi connectivity index (χ4v) is 4.76. The number of fused-ring (bicyclic) bond motifs is 1. The van der Waals surface area contributed by atoms with Crippen LogP contribution >= 0.6 is 0 Å². The van der Waals surface area contributed by atoms with E-state index in [1.54, 1.807) is 39.8 Å². The zero-order valence-electron chi connectivity index (χ0n) is 16.7. The maximum atomic E-state index is 13.2. The number of sulfonamides is 1. The lowest BCUT2D eigenvalue weighted by atomic mass is 10.1. The molecule has 1 amide bonds. The van der Waals surface area contributed by atoms with Gasteiger partial charge in [0.15, 0.2) is 0 Å². The normalized spacial score (nSPS) is 14.0. The van der Waals surface area contributed by atoms with E-state index in [1.807, 2.05) is 0 Å². The second-order valence-electron chi connectivity index (χ2n) is 8.11. The predicted octanol–water partition coefficient (Wildman–Crippen LogP) is 3.18. The second-order valence-corrected chi connectivity index (χ2v) is 9.79. The first-order valence-corrected chi connectivity index (χ1v) is 10.6. The second kappa shape index (κ2) is 7.23. The molecule has 154 valence electrons. The van der Waals surface area contributed by atoms with Crippen molar-refractivity contribution in [3.05, 3.63) is 63.2 Å². The van der Waals surface area contributed by atoms with Gasteiger partial charge in [0, 0.05) is 35.5 Å². The van der Waals surface area contributed by atoms with Gasteiger partial charge in [-0.2, -0.15) is 0 Å². The quantitative estimate of drug-likeness (QED) is 0.607. The number of nitro benzene ring substituents is 1. The van der Waals surface area contributed by atoms with E-state index in [2.05, 4.69) is 4.72 Å². The van der Waals surface area contributed by atoms with Crippen LogP contribution in [0.15, 0.2) is 41.3 Å². The first-order chi connectivity index (χ1) is 13.4. The maximum absolute atomic E-state index is 13.2. The van der Waals surface area contributed by atoms with Crippen LogP contribution in [-0.4, -0.2) is 31.3 Å². The Bertz CT molecular complexity index is 1100. The molecule has 29 heavy (non-hydrogen) atoms. The highest BCUT2D eigenvalue weighted by Gasteiger charge is 2.29. The number of benzene rings is 2. The molecular formula is C20H23N3O5S. The third-order valence-corrected chi connectivity index (χ3v) is 6.36. The summed E-state index contributed by atoms with van der Waals surface area (Å²) in [5.41, 5.74) is 1.60. The average Bonchev–Trinajstić information content (AvgIpc) is 3.02. The van der Waals surface area contributed by atoms with Crippen molar-refractivity contribution in [1.82, 2.24) is 4.72 Å². The SMILES string of the molecule is Cc1ccc(S(=O)(=O)NC(C)(C)C)cc1C(=O)N1CCc2cc([N+](=O)[O-])ccc21. The number of rotatable bonds is 4. The molecule has 0 aliphatic carbocycles. The van der Waals surface area contributed by atoms with Crippen molar-refractivity contribution < 1.29 is 18.1 Å². The molecule has 0 spiro atoms. The summed E-state index contributed by atoms with van der Waals surface area (Å²) in [6, 6.07) is 8.87. The molecule has 0 saturated heterocycles. The summed E-state index contributed by atoms with van der Waals surface area (Å²) in [5.74, 6) is -0.331. The van der Waals surface area contributed by atoms with Crippen molar-refractivity contribution >= 4 is 27.3 Å². The van der Waals surface area contributed by atoms with Crippen molar-refractivity contribution in [1.29, 1.82) is 0 Å². The first-order valence-electron chi connectivity index (χ1n) is 9.13. The zero-order chi connectivity index (χ0) is 21.6. The first kappa shape index (κ1) is 20.9. The lowest BCUT2D eigenvalue weighted by Gasteiger charge is -2.22. The van der Waals surface area contributed by atoms with Crippen LogP contribution in [0.1, 0.15) is 42.3 Å². The number of nitro groups is 1. The molecule has 0 saturated carbocycles. The summed E-state index contributed by atoms with van der Waals surface area (Å²) in [7, 11) is -3.79. The Morgan fingerprint density at radius 3 is 2.48 bits per heavy atom. The van der Waals surface area contributed by atoms with Gasteiger partial charge in [0.2, 0.25) is 10.0 Å². The van der Waals surface area contributed by atoms with E-state index in [1.165, 1.54) is 29.2 Å². The number of non-ortho nitro benzene ring substituents is 1. The van der Waals surface area contributed by atoms with Gasteiger partial charge in [-0.1, -0.05) is 6.07 Å². The van der Waals surface area contributed by atoms with E-state index >= 15 is 0 Å². The Morgan fingerprint density at radius 2 is 1.86 bits per heavy atom. The summed E-state index contributed by atoms with van der Waals surface area (Å²) < 4.78 is 27.9. The molecule has 2 aromatic carbocycles. The molecule has 3 rings (SSSR count). The Hall–Kier alpha value is -2.78. The van der Waals surface area contributed by atoms with Gasteiger partial charge in [0.25, 0.3) is 11.6 Å². The van der Waals surface area contributed by atoms with Crippen LogP contribution in [-0.2, 0) is 16.4 Å². The minimum atomic E-state index is -3.79. The largest absolute Gasteiger partial charge is 0.308 e. The van der Waals surface area contributed by atoms with Gasteiger partial charge in [0.05, 0.1) is 9.82 Å².